The number of carbonyl (C=O) groups is 1. The van der Waals surface area contributed by atoms with Crippen molar-refractivity contribution in [1.82, 2.24) is 9.78 Å². The summed E-state index contributed by atoms with van der Waals surface area (Å²) in [6.07, 6.45) is 1.54. The normalized spacial score (nSPS) is 11.5. The fourth-order valence-electron chi connectivity index (χ4n) is 0.873. The van der Waals surface area contributed by atoms with E-state index in [-0.39, 0.29) is 10.6 Å². The molecule has 1 aromatic heterocycles. The number of hydrogen-bond acceptors (Lipinski definition) is 4. The molecule has 12 heavy (non-hydrogen) atoms. The van der Waals surface area contributed by atoms with Crippen molar-refractivity contribution in [3.8, 4) is 0 Å². The Kier molecular flexibility index (Phi) is 1.99. The molecule has 0 saturated carbocycles. The number of hydrogen-bond donors (Lipinski definition) is 1. The van der Waals surface area contributed by atoms with E-state index in [1.807, 2.05) is 0 Å². The third kappa shape index (κ3) is 1.36. The van der Waals surface area contributed by atoms with Crippen LogP contribution in [0.3, 0.4) is 0 Å². The van der Waals surface area contributed by atoms with Gasteiger partial charge in [0.1, 0.15) is 0 Å². The van der Waals surface area contributed by atoms with Gasteiger partial charge in [0.25, 0.3) is 10.0 Å². The van der Waals surface area contributed by atoms with Crippen molar-refractivity contribution in [3.63, 3.8) is 0 Å². The minimum Gasteiger partial charge on any atom is -0.298 e. The maximum atomic E-state index is 10.9. The number of aromatic nitrogens is 2. The average molecular weight is 189 g/mol. The Hall–Kier alpha value is -1.21. The minimum absolute atomic E-state index is 0.0278. The summed E-state index contributed by atoms with van der Waals surface area (Å²) in [6.45, 7) is 0. The van der Waals surface area contributed by atoms with Crippen molar-refractivity contribution in [2.24, 2.45) is 12.2 Å². The Labute approximate surface area is 69.0 Å². The summed E-state index contributed by atoms with van der Waals surface area (Å²) >= 11 is 0. The smallest absolute Gasteiger partial charge is 0.255 e. The van der Waals surface area contributed by atoms with Gasteiger partial charge in [-0.05, 0) is 0 Å². The first kappa shape index (κ1) is 8.88. The van der Waals surface area contributed by atoms with Gasteiger partial charge in [0.05, 0.1) is 11.8 Å². The Morgan fingerprint density at radius 1 is 1.67 bits per heavy atom. The van der Waals surface area contributed by atoms with E-state index < -0.39 is 10.0 Å². The predicted molar refractivity (Wildman–Crippen MR) is 40.0 cm³/mol. The van der Waals surface area contributed by atoms with Crippen LogP contribution >= 0.6 is 0 Å². The molecule has 0 aromatic carbocycles. The van der Waals surface area contributed by atoms with E-state index >= 15 is 0 Å². The van der Waals surface area contributed by atoms with Crippen molar-refractivity contribution in [3.05, 3.63) is 11.8 Å². The SMILES string of the molecule is Cn1ncc(C=O)c1S(N)(=O)=O. The molecule has 1 rings (SSSR count). The second kappa shape index (κ2) is 2.68. The van der Waals surface area contributed by atoms with E-state index in [2.05, 4.69) is 5.10 Å². The molecule has 0 amide bonds. The first-order valence-electron chi connectivity index (χ1n) is 2.97. The largest absolute Gasteiger partial charge is 0.298 e. The van der Waals surface area contributed by atoms with Crippen LogP contribution in [0.1, 0.15) is 10.4 Å². The van der Waals surface area contributed by atoms with Gasteiger partial charge in [0, 0.05) is 7.05 Å². The quantitative estimate of drug-likeness (QED) is 0.596. The number of carbonyl (C=O) groups excluding carboxylic acids is 1. The van der Waals surface area contributed by atoms with Crippen molar-refractivity contribution in [1.29, 1.82) is 0 Å². The van der Waals surface area contributed by atoms with E-state index in [4.69, 9.17) is 5.14 Å². The van der Waals surface area contributed by atoms with Gasteiger partial charge in [0.2, 0.25) is 0 Å². The van der Waals surface area contributed by atoms with Gasteiger partial charge in [-0.3, -0.25) is 9.48 Å². The van der Waals surface area contributed by atoms with Crippen LogP contribution in [-0.4, -0.2) is 24.5 Å². The molecular weight excluding hydrogens is 182 g/mol. The molecule has 0 aliphatic heterocycles. The zero-order valence-electron chi connectivity index (χ0n) is 6.26. The summed E-state index contributed by atoms with van der Waals surface area (Å²) in [6, 6.07) is 0. The second-order valence-electron chi connectivity index (χ2n) is 2.19. The lowest BCUT2D eigenvalue weighted by Crippen LogP contribution is -2.17. The van der Waals surface area contributed by atoms with Crippen LogP contribution in [-0.2, 0) is 17.1 Å². The van der Waals surface area contributed by atoms with Gasteiger partial charge < -0.3 is 0 Å². The van der Waals surface area contributed by atoms with E-state index in [9.17, 15) is 13.2 Å². The maximum Gasteiger partial charge on any atom is 0.255 e. The van der Waals surface area contributed by atoms with Gasteiger partial charge in [-0.15, -0.1) is 0 Å². The van der Waals surface area contributed by atoms with Crippen LogP contribution in [0.25, 0.3) is 0 Å². The summed E-state index contributed by atoms with van der Waals surface area (Å²) in [5.41, 5.74) is -0.0278. The molecule has 0 atom stereocenters. The van der Waals surface area contributed by atoms with E-state index in [0.29, 0.717) is 6.29 Å². The third-order valence-corrected chi connectivity index (χ3v) is 2.35. The number of nitrogens with zero attached hydrogens (tertiary/aromatic N) is 2. The summed E-state index contributed by atoms with van der Waals surface area (Å²) in [4.78, 5) is 10.3. The Bertz CT molecular complexity index is 406. The van der Waals surface area contributed by atoms with Crippen molar-refractivity contribution in [2.45, 2.75) is 5.03 Å². The summed E-state index contributed by atoms with van der Waals surface area (Å²) in [7, 11) is -2.47. The molecule has 6 nitrogen and oxygen atoms in total. The molecule has 0 bridgehead atoms. The molecule has 0 radical (unpaired) electrons. The molecule has 0 saturated heterocycles. The highest BCUT2D eigenvalue weighted by molar-refractivity contribution is 7.89. The highest BCUT2D eigenvalue weighted by Gasteiger charge is 2.18. The Balaban J connectivity index is 3.49. The van der Waals surface area contributed by atoms with Gasteiger partial charge in [-0.2, -0.15) is 5.10 Å². The topological polar surface area (TPSA) is 95.0 Å². The predicted octanol–water partition coefficient (Wildman–Crippen LogP) is -1.12. The zero-order valence-corrected chi connectivity index (χ0v) is 7.08. The molecule has 1 aromatic rings. The van der Waals surface area contributed by atoms with Crippen molar-refractivity contribution in [2.75, 3.05) is 0 Å². The molecule has 2 N–H and O–H groups in total. The molecule has 0 aliphatic carbocycles. The zero-order chi connectivity index (χ0) is 9.35. The summed E-state index contributed by atoms with van der Waals surface area (Å²) < 4.78 is 22.7. The van der Waals surface area contributed by atoms with Crippen LogP contribution in [0.5, 0.6) is 0 Å². The first-order valence-corrected chi connectivity index (χ1v) is 4.51. The molecule has 0 aliphatic rings. The van der Waals surface area contributed by atoms with Gasteiger partial charge in [-0.1, -0.05) is 0 Å². The maximum absolute atomic E-state index is 10.9. The van der Waals surface area contributed by atoms with Gasteiger partial charge >= 0.3 is 0 Å². The fourth-order valence-corrected chi connectivity index (χ4v) is 1.72. The van der Waals surface area contributed by atoms with Crippen LogP contribution < -0.4 is 5.14 Å². The van der Waals surface area contributed by atoms with E-state index in [1.165, 1.54) is 7.05 Å². The Morgan fingerprint density at radius 3 is 2.58 bits per heavy atom. The lowest BCUT2D eigenvalue weighted by atomic mass is 10.4. The minimum atomic E-state index is -3.86. The number of aldehydes is 1. The molecule has 0 unspecified atom stereocenters. The van der Waals surface area contributed by atoms with Crippen LogP contribution in [0.2, 0.25) is 0 Å². The Morgan fingerprint density at radius 2 is 2.25 bits per heavy atom. The van der Waals surface area contributed by atoms with Crippen molar-refractivity contribution >= 4 is 16.3 Å². The van der Waals surface area contributed by atoms with Gasteiger partial charge in [-0.25, -0.2) is 13.6 Å². The molecule has 7 heteroatoms. The average Bonchev–Trinajstić information content (AvgIpc) is 2.29. The highest BCUT2D eigenvalue weighted by atomic mass is 32.2. The number of rotatable bonds is 2. The standard InChI is InChI=1S/C5H7N3O3S/c1-8-5(12(6,10)11)4(3-9)2-7-8/h2-3H,1H3,(H2,6,10,11). The van der Waals surface area contributed by atoms with E-state index in [1.54, 1.807) is 0 Å². The number of primary sulfonamides is 1. The number of aryl methyl sites for hydroxylation is 1. The summed E-state index contributed by atoms with van der Waals surface area (Å²) in [5, 5.41) is 8.14. The molecule has 0 spiro atoms. The van der Waals surface area contributed by atoms with Crippen molar-refractivity contribution < 1.29 is 13.2 Å². The summed E-state index contributed by atoms with van der Waals surface area (Å²) in [5.74, 6) is 0. The molecule has 66 valence electrons. The fraction of sp³-hybridized carbons (Fsp3) is 0.200. The monoisotopic (exact) mass is 189 g/mol. The number of nitrogens with two attached hydrogens (primary N) is 1. The molecule has 0 fully saturated rings. The van der Waals surface area contributed by atoms with E-state index in [0.717, 1.165) is 10.9 Å². The van der Waals surface area contributed by atoms with Crippen LogP contribution in [0.4, 0.5) is 0 Å². The highest BCUT2D eigenvalue weighted by Crippen LogP contribution is 2.09. The van der Waals surface area contributed by atoms with Crippen LogP contribution in [0.15, 0.2) is 11.2 Å². The van der Waals surface area contributed by atoms with Crippen LogP contribution in [0, 0.1) is 0 Å². The third-order valence-electron chi connectivity index (χ3n) is 1.31. The number of sulfonamides is 1. The lowest BCUT2D eigenvalue weighted by Gasteiger charge is -1.97. The molecule has 1 heterocycles. The van der Waals surface area contributed by atoms with Gasteiger partial charge in [0.15, 0.2) is 11.3 Å². The lowest BCUT2D eigenvalue weighted by molar-refractivity contribution is 0.112. The first-order chi connectivity index (χ1) is 5.46. The molecular formula is C5H7N3O3S. The second-order valence-corrected chi connectivity index (χ2v) is 3.67.